The summed E-state index contributed by atoms with van der Waals surface area (Å²) in [5.74, 6) is 1.80. The molecule has 1 aliphatic rings. The molecule has 0 fully saturated rings. The molecule has 0 spiro atoms. The predicted molar refractivity (Wildman–Crippen MR) is 114 cm³/mol. The SMILES string of the molecule is Cc1ccc2c(c1)OC(C)(C)CC2NC(=O)CSCc1c(Cl)cccc1Cl. The van der Waals surface area contributed by atoms with Crippen LogP contribution in [0.5, 0.6) is 5.75 Å². The van der Waals surface area contributed by atoms with Crippen molar-refractivity contribution < 1.29 is 9.53 Å². The Hall–Kier alpha value is -1.36. The van der Waals surface area contributed by atoms with Crippen molar-refractivity contribution in [2.75, 3.05) is 5.75 Å². The highest BCUT2D eigenvalue weighted by Gasteiger charge is 2.34. The van der Waals surface area contributed by atoms with Gasteiger partial charge in [0, 0.05) is 27.8 Å². The second-order valence-corrected chi connectivity index (χ2v) is 9.22. The molecule has 0 bridgehead atoms. The van der Waals surface area contributed by atoms with E-state index in [1.54, 1.807) is 0 Å². The van der Waals surface area contributed by atoms with Gasteiger partial charge in [0.25, 0.3) is 0 Å². The number of amides is 1. The number of carbonyl (C=O) groups excluding carboxylic acids is 1. The van der Waals surface area contributed by atoms with Crippen molar-refractivity contribution in [2.45, 2.75) is 44.6 Å². The first-order chi connectivity index (χ1) is 12.7. The van der Waals surface area contributed by atoms with E-state index in [2.05, 4.69) is 5.32 Å². The molecule has 144 valence electrons. The summed E-state index contributed by atoms with van der Waals surface area (Å²) < 4.78 is 6.09. The van der Waals surface area contributed by atoms with E-state index >= 15 is 0 Å². The van der Waals surface area contributed by atoms with Gasteiger partial charge in [0.05, 0.1) is 11.8 Å². The Morgan fingerprint density at radius 3 is 2.67 bits per heavy atom. The summed E-state index contributed by atoms with van der Waals surface area (Å²) in [4.78, 5) is 12.5. The van der Waals surface area contributed by atoms with Gasteiger partial charge in [-0.2, -0.15) is 0 Å². The molecule has 1 N–H and O–H groups in total. The number of aryl methyl sites for hydroxylation is 1. The lowest BCUT2D eigenvalue weighted by Crippen LogP contribution is -2.41. The van der Waals surface area contributed by atoms with E-state index in [0.29, 0.717) is 21.6 Å². The van der Waals surface area contributed by atoms with Gasteiger partial charge in [-0.1, -0.05) is 41.4 Å². The smallest absolute Gasteiger partial charge is 0.230 e. The van der Waals surface area contributed by atoms with E-state index in [4.69, 9.17) is 27.9 Å². The van der Waals surface area contributed by atoms with E-state index in [0.717, 1.165) is 28.9 Å². The molecule has 1 heterocycles. The highest BCUT2D eigenvalue weighted by molar-refractivity contribution is 7.99. The zero-order valence-electron chi connectivity index (χ0n) is 15.6. The van der Waals surface area contributed by atoms with Gasteiger partial charge >= 0.3 is 0 Å². The average Bonchev–Trinajstić information content (AvgIpc) is 2.56. The van der Waals surface area contributed by atoms with E-state index in [-0.39, 0.29) is 17.6 Å². The number of ether oxygens (including phenoxy) is 1. The molecule has 0 radical (unpaired) electrons. The molecular weight excluding hydrogens is 401 g/mol. The van der Waals surface area contributed by atoms with Crippen molar-refractivity contribution in [3.63, 3.8) is 0 Å². The van der Waals surface area contributed by atoms with Gasteiger partial charge in [-0.15, -0.1) is 11.8 Å². The molecule has 6 heteroatoms. The van der Waals surface area contributed by atoms with Gasteiger partial charge in [-0.05, 0) is 50.1 Å². The normalized spacial score (nSPS) is 17.7. The largest absolute Gasteiger partial charge is 0.487 e. The third kappa shape index (κ3) is 5.13. The lowest BCUT2D eigenvalue weighted by Gasteiger charge is -2.38. The first kappa shape index (κ1) is 20.4. The zero-order chi connectivity index (χ0) is 19.6. The molecule has 0 aliphatic carbocycles. The Kier molecular flexibility index (Phi) is 6.29. The summed E-state index contributed by atoms with van der Waals surface area (Å²) in [6.45, 7) is 6.13. The summed E-state index contributed by atoms with van der Waals surface area (Å²) in [5, 5.41) is 4.42. The van der Waals surface area contributed by atoms with Crippen LogP contribution in [0.25, 0.3) is 0 Å². The number of hydrogen-bond acceptors (Lipinski definition) is 3. The van der Waals surface area contributed by atoms with E-state index in [9.17, 15) is 4.79 Å². The van der Waals surface area contributed by atoms with E-state index in [1.807, 2.05) is 57.2 Å². The van der Waals surface area contributed by atoms with Gasteiger partial charge in [0.2, 0.25) is 5.91 Å². The van der Waals surface area contributed by atoms with Gasteiger partial charge in [0.1, 0.15) is 11.4 Å². The molecule has 1 aliphatic heterocycles. The Morgan fingerprint density at radius 2 is 1.96 bits per heavy atom. The second-order valence-electron chi connectivity index (χ2n) is 7.42. The second kappa shape index (κ2) is 8.34. The monoisotopic (exact) mass is 423 g/mol. The maximum atomic E-state index is 12.5. The predicted octanol–water partition coefficient (Wildman–Crippen LogP) is 5.95. The van der Waals surface area contributed by atoms with Crippen LogP contribution in [0.1, 0.15) is 43.0 Å². The Labute approximate surface area is 174 Å². The number of carbonyl (C=O) groups is 1. The van der Waals surface area contributed by atoms with Crippen LogP contribution in [0.3, 0.4) is 0 Å². The molecular formula is C21H23Cl2NO2S. The first-order valence-electron chi connectivity index (χ1n) is 8.85. The van der Waals surface area contributed by atoms with Crippen LogP contribution < -0.4 is 10.1 Å². The minimum absolute atomic E-state index is 0.00241. The third-order valence-electron chi connectivity index (χ3n) is 4.50. The fourth-order valence-corrected chi connectivity index (χ4v) is 4.81. The lowest BCUT2D eigenvalue weighted by molar-refractivity contribution is -0.119. The first-order valence-corrected chi connectivity index (χ1v) is 10.8. The van der Waals surface area contributed by atoms with Crippen LogP contribution >= 0.6 is 35.0 Å². The molecule has 0 saturated heterocycles. The number of halogens is 2. The minimum atomic E-state index is -0.322. The molecule has 3 nitrogen and oxygen atoms in total. The van der Waals surface area contributed by atoms with Gasteiger partial charge in [-0.3, -0.25) is 4.79 Å². The van der Waals surface area contributed by atoms with Crippen molar-refractivity contribution in [2.24, 2.45) is 0 Å². The van der Waals surface area contributed by atoms with Crippen LogP contribution in [0.15, 0.2) is 36.4 Å². The highest BCUT2D eigenvalue weighted by atomic mass is 35.5. The number of nitrogens with one attached hydrogen (secondary N) is 1. The molecule has 1 amide bonds. The maximum absolute atomic E-state index is 12.5. The Bertz CT molecular complexity index is 834. The van der Waals surface area contributed by atoms with Crippen molar-refractivity contribution in [1.82, 2.24) is 5.32 Å². The van der Waals surface area contributed by atoms with Crippen LogP contribution in [-0.4, -0.2) is 17.3 Å². The van der Waals surface area contributed by atoms with E-state index < -0.39 is 0 Å². The number of rotatable bonds is 5. The zero-order valence-corrected chi connectivity index (χ0v) is 18.0. The fraction of sp³-hybridized carbons (Fsp3) is 0.381. The van der Waals surface area contributed by atoms with Crippen LogP contribution in [0, 0.1) is 6.92 Å². The van der Waals surface area contributed by atoms with Gasteiger partial charge < -0.3 is 10.1 Å². The molecule has 1 atom stereocenters. The summed E-state index contributed by atoms with van der Waals surface area (Å²) in [5.41, 5.74) is 2.72. The van der Waals surface area contributed by atoms with Gasteiger partial charge in [0.15, 0.2) is 0 Å². The summed E-state index contributed by atoms with van der Waals surface area (Å²) >= 11 is 13.9. The van der Waals surface area contributed by atoms with Crippen LogP contribution in [-0.2, 0) is 10.5 Å². The molecule has 1 unspecified atom stereocenters. The van der Waals surface area contributed by atoms with Crippen molar-refractivity contribution in [1.29, 1.82) is 0 Å². The third-order valence-corrected chi connectivity index (χ3v) is 6.17. The lowest BCUT2D eigenvalue weighted by atomic mass is 9.89. The molecule has 0 aromatic heterocycles. The summed E-state index contributed by atoms with van der Waals surface area (Å²) in [7, 11) is 0. The van der Waals surface area contributed by atoms with Gasteiger partial charge in [-0.25, -0.2) is 0 Å². The van der Waals surface area contributed by atoms with E-state index in [1.165, 1.54) is 11.8 Å². The highest BCUT2D eigenvalue weighted by Crippen LogP contribution is 2.40. The van der Waals surface area contributed by atoms with Crippen molar-refractivity contribution in [3.8, 4) is 5.75 Å². The fourth-order valence-electron chi connectivity index (χ4n) is 3.24. The number of hydrogen-bond donors (Lipinski definition) is 1. The summed E-state index contributed by atoms with van der Waals surface area (Å²) in [6, 6.07) is 11.5. The molecule has 3 rings (SSSR count). The quantitative estimate of drug-likeness (QED) is 0.644. The Balaban J connectivity index is 1.62. The van der Waals surface area contributed by atoms with Crippen molar-refractivity contribution >= 4 is 40.9 Å². The maximum Gasteiger partial charge on any atom is 0.230 e. The van der Waals surface area contributed by atoms with Crippen molar-refractivity contribution in [3.05, 3.63) is 63.1 Å². The number of fused-ring (bicyclic) bond motifs is 1. The number of benzene rings is 2. The summed E-state index contributed by atoms with van der Waals surface area (Å²) in [6.07, 6.45) is 0.732. The average molecular weight is 424 g/mol. The molecule has 0 saturated carbocycles. The number of thioether (sulfide) groups is 1. The topological polar surface area (TPSA) is 38.3 Å². The standard InChI is InChI=1S/C21H23Cl2NO2S/c1-13-7-8-14-18(10-21(2,3)26-19(14)9-13)24-20(25)12-27-11-15-16(22)5-4-6-17(15)23/h4-9,18H,10-12H2,1-3H3,(H,24,25). The Morgan fingerprint density at radius 1 is 1.26 bits per heavy atom. The van der Waals surface area contributed by atoms with Crippen LogP contribution in [0.4, 0.5) is 0 Å². The minimum Gasteiger partial charge on any atom is -0.487 e. The molecule has 2 aromatic carbocycles. The molecule has 2 aromatic rings. The van der Waals surface area contributed by atoms with Crippen LogP contribution in [0.2, 0.25) is 10.0 Å². The molecule has 27 heavy (non-hydrogen) atoms.